The third kappa shape index (κ3) is 3.39. The average Bonchev–Trinajstić information content (AvgIpc) is 2.38. The normalized spacial score (nSPS) is 18.2. The second kappa shape index (κ2) is 5.95. The third-order valence-corrected chi connectivity index (χ3v) is 3.17. The van der Waals surface area contributed by atoms with Gasteiger partial charge < -0.3 is 10.5 Å². The smallest absolute Gasteiger partial charge is 0.338 e. The number of esters is 1. The van der Waals surface area contributed by atoms with E-state index in [0.717, 1.165) is 11.3 Å². The summed E-state index contributed by atoms with van der Waals surface area (Å²) in [4.78, 5) is 23.1. The summed E-state index contributed by atoms with van der Waals surface area (Å²) >= 11 is 0. The molecule has 0 spiro atoms. The number of nitrogens with zero attached hydrogens (tertiary/aromatic N) is 1. The van der Waals surface area contributed by atoms with Crippen LogP contribution in [0, 0.1) is 5.92 Å². The lowest BCUT2D eigenvalue weighted by Gasteiger charge is -2.20. The monoisotopic (exact) mass is 289 g/mol. The maximum absolute atomic E-state index is 11.8. The quantitative estimate of drug-likeness (QED) is 0.654. The van der Waals surface area contributed by atoms with E-state index in [1.165, 1.54) is 0 Å². The Kier molecular flexibility index (Phi) is 4.26. The van der Waals surface area contributed by atoms with Gasteiger partial charge in [0.15, 0.2) is 0 Å². The Morgan fingerprint density at radius 2 is 2.19 bits per heavy atom. The molecule has 0 saturated heterocycles. The number of nitrogen functional groups attached to an aromatic ring is 1. The van der Waals surface area contributed by atoms with Crippen molar-refractivity contribution in [3.8, 4) is 0 Å². The molecule has 1 aliphatic rings. The molecule has 1 unspecified atom stereocenters. The number of hydrazone groups is 1. The summed E-state index contributed by atoms with van der Waals surface area (Å²) in [7, 11) is 0. The molecule has 1 heterocycles. The number of anilines is 1. The number of rotatable bonds is 3. The molecule has 1 amide bonds. The lowest BCUT2D eigenvalue weighted by molar-refractivity contribution is -0.121. The van der Waals surface area contributed by atoms with Crippen molar-refractivity contribution in [2.24, 2.45) is 11.0 Å². The molecule has 1 aromatic carbocycles. The van der Waals surface area contributed by atoms with Crippen molar-refractivity contribution < 1.29 is 14.3 Å². The number of ether oxygens (including phenoxy) is 1. The highest BCUT2D eigenvalue weighted by molar-refractivity contribution is 6.09. The first-order valence-electron chi connectivity index (χ1n) is 6.85. The van der Waals surface area contributed by atoms with E-state index in [4.69, 9.17) is 10.5 Å². The Balaban J connectivity index is 2.28. The van der Waals surface area contributed by atoms with Crippen molar-refractivity contribution in [3.63, 3.8) is 0 Å². The molecule has 6 heteroatoms. The summed E-state index contributed by atoms with van der Waals surface area (Å²) in [5.41, 5.74) is 10.8. The molecule has 1 aliphatic heterocycles. The maximum Gasteiger partial charge on any atom is 0.338 e. The average molecular weight is 289 g/mol. The fraction of sp³-hybridized carbons (Fsp3) is 0.400. The largest absolute Gasteiger partial charge is 0.459 e. The lowest BCUT2D eigenvalue weighted by atomic mass is 9.92. The molecule has 1 atom stereocenters. The van der Waals surface area contributed by atoms with Gasteiger partial charge in [0.25, 0.3) is 0 Å². The molecule has 1 aromatic rings. The highest BCUT2D eigenvalue weighted by Gasteiger charge is 2.23. The van der Waals surface area contributed by atoms with Crippen LogP contribution in [0.25, 0.3) is 0 Å². The Hall–Kier alpha value is -2.37. The van der Waals surface area contributed by atoms with E-state index in [9.17, 15) is 9.59 Å². The van der Waals surface area contributed by atoms with Crippen LogP contribution in [0.4, 0.5) is 5.69 Å². The van der Waals surface area contributed by atoms with Crippen molar-refractivity contribution in [3.05, 3.63) is 29.3 Å². The molecule has 112 valence electrons. The minimum atomic E-state index is -0.407. The molecule has 0 radical (unpaired) electrons. The second-order valence-electron chi connectivity index (χ2n) is 5.39. The van der Waals surface area contributed by atoms with Gasteiger partial charge in [-0.1, -0.05) is 13.0 Å². The number of nitrogens with two attached hydrogens (primary N) is 1. The van der Waals surface area contributed by atoms with Gasteiger partial charge in [0, 0.05) is 23.6 Å². The van der Waals surface area contributed by atoms with Gasteiger partial charge in [-0.05, 0) is 26.0 Å². The van der Waals surface area contributed by atoms with Crippen LogP contribution in [0.3, 0.4) is 0 Å². The van der Waals surface area contributed by atoms with E-state index in [2.05, 4.69) is 10.5 Å². The van der Waals surface area contributed by atoms with Crippen LogP contribution in [-0.4, -0.2) is 23.7 Å². The van der Waals surface area contributed by atoms with Crippen molar-refractivity contribution in [2.45, 2.75) is 33.3 Å². The predicted molar refractivity (Wildman–Crippen MR) is 79.9 cm³/mol. The molecular formula is C15H19N3O3. The summed E-state index contributed by atoms with van der Waals surface area (Å²) in [6.45, 7) is 5.49. The van der Waals surface area contributed by atoms with Crippen LogP contribution in [-0.2, 0) is 9.53 Å². The summed E-state index contributed by atoms with van der Waals surface area (Å²) in [6.07, 6.45) is 0.187. The van der Waals surface area contributed by atoms with Crippen molar-refractivity contribution in [1.29, 1.82) is 0 Å². The molecule has 21 heavy (non-hydrogen) atoms. The minimum absolute atomic E-state index is 0.0190. The molecule has 0 aliphatic carbocycles. The summed E-state index contributed by atoms with van der Waals surface area (Å²) < 4.78 is 5.13. The van der Waals surface area contributed by atoms with Gasteiger partial charge in [0.1, 0.15) is 0 Å². The van der Waals surface area contributed by atoms with Gasteiger partial charge in [0.05, 0.1) is 17.4 Å². The highest BCUT2D eigenvalue weighted by atomic mass is 16.5. The number of hydrogen-bond donors (Lipinski definition) is 2. The van der Waals surface area contributed by atoms with E-state index in [1.807, 2.05) is 6.92 Å². The fourth-order valence-electron chi connectivity index (χ4n) is 2.18. The van der Waals surface area contributed by atoms with Crippen LogP contribution < -0.4 is 11.2 Å². The topological polar surface area (TPSA) is 93.8 Å². The van der Waals surface area contributed by atoms with Crippen molar-refractivity contribution in [2.75, 3.05) is 5.73 Å². The number of hydrogen-bond acceptors (Lipinski definition) is 5. The van der Waals surface area contributed by atoms with Crippen molar-refractivity contribution >= 4 is 23.3 Å². The fourth-order valence-corrected chi connectivity index (χ4v) is 2.18. The molecule has 0 aromatic heterocycles. The molecule has 0 saturated carbocycles. The van der Waals surface area contributed by atoms with E-state index in [1.54, 1.807) is 32.0 Å². The van der Waals surface area contributed by atoms with Gasteiger partial charge in [-0.25, -0.2) is 10.2 Å². The zero-order chi connectivity index (χ0) is 15.6. The van der Waals surface area contributed by atoms with Gasteiger partial charge >= 0.3 is 5.97 Å². The first-order chi connectivity index (χ1) is 9.88. The molecule has 0 bridgehead atoms. The van der Waals surface area contributed by atoms with Crippen LogP contribution in [0.1, 0.15) is 43.1 Å². The van der Waals surface area contributed by atoms with Crippen molar-refractivity contribution in [1.82, 2.24) is 5.43 Å². The number of carbonyl (C=O) groups is 2. The minimum Gasteiger partial charge on any atom is -0.459 e. The van der Waals surface area contributed by atoms with E-state index in [-0.39, 0.29) is 17.9 Å². The van der Waals surface area contributed by atoms with Crippen LogP contribution >= 0.6 is 0 Å². The third-order valence-electron chi connectivity index (χ3n) is 3.17. The summed E-state index contributed by atoms with van der Waals surface area (Å²) in [5, 5.41) is 4.07. The van der Waals surface area contributed by atoms with Crippen LogP contribution in [0.2, 0.25) is 0 Å². The Morgan fingerprint density at radius 1 is 1.48 bits per heavy atom. The second-order valence-corrected chi connectivity index (χ2v) is 5.39. The molecule has 6 nitrogen and oxygen atoms in total. The number of carbonyl (C=O) groups excluding carboxylic acids is 2. The predicted octanol–water partition coefficient (Wildman–Crippen LogP) is 1.69. The standard InChI is InChI=1S/C15H19N3O3/c1-8(2)21-15(20)10-4-5-11(12(16)7-10)14-9(3)6-13(19)17-18-14/h4-5,7-9H,6,16H2,1-3H3,(H,17,19). The van der Waals surface area contributed by atoms with E-state index in [0.29, 0.717) is 17.7 Å². The Labute approximate surface area is 123 Å². The first kappa shape index (κ1) is 15.0. The number of nitrogens with one attached hydrogen (secondary N) is 1. The SMILES string of the molecule is CC(C)OC(=O)c1ccc(C2=NNC(=O)CC2C)c(N)c1. The molecule has 2 rings (SSSR count). The Morgan fingerprint density at radius 3 is 2.76 bits per heavy atom. The maximum atomic E-state index is 11.8. The molecule has 0 fully saturated rings. The molecule has 3 N–H and O–H groups in total. The van der Waals surface area contributed by atoms with Crippen LogP contribution in [0.5, 0.6) is 0 Å². The lowest BCUT2D eigenvalue weighted by Crippen LogP contribution is -2.32. The van der Waals surface area contributed by atoms with Gasteiger partial charge in [-0.15, -0.1) is 0 Å². The van der Waals surface area contributed by atoms with E-state index < -0.39 is 5.97 Å². The van der Waals surface area contributed by atoms with Gasteiger partial charge in [-0.2, -0.15) is 5.10 Å². The molecular weight excluding hydrogens is 270 g/mol. The van der Waals surface area contributed by atoms with Gasteiger partial charge in [0.2, 0.25) is 5.91 Å². The summed E-state index contributed by atoms with van der Waals surface area (Å²) in [6, 6.07) is 4.97. The van der Waals surface area contributed by atoms with E-state index >= 15 is 0 Å². The first-order valence-corrected chi connectivity index (χ1v) is 6.85. The zero-order valence-corrected chi connectivity index (χ0v) is 12.3. The number of benzene rings is 1. The highest BCUT2D eigenvalue weighted by Crippen LogP contribution is 2.22. The zero-order valence-electron chi connectivity index (χ0n) is 12.3. The van der Waals surface area contributed by atoms with Crippen LogP contribution in [0.15, 0.2) is 23.3 Å². The summed E-state index contributed by atoms with van der Waals surface area (Å²) in [5.74, 6) is -0.536. The number of amides is 1. The van der Waals surface area contributed by atoms with Gasteiger partial charge in [-0.3, -0.25) is 4.79 Å². The Bertz CT molecular complexity index is 608.